The van der Waals surface area contributed by atoms with Crippen LogP contribution in [0.1, 0.15) is 36.2 Å². The predicted molar refractivity (Wildman–Crippen MR) is 61.3 cm³/mol. The van der Waals surface area contributed by atoms with Gasteiger partial charge in [-0.1, -0.05) is 12.8 Å². The summed E-state index contributed by atoms with van der Waals surface area (Å²) in [6.45, 7) is 0. The number of aldehydes is 1. The van der Waals surface area contributed by atoms with Crippen molar-refractivity contribution in [3.8, 4) is 0 Å². The Morgan fingerprint density at radius 1 is 1.35 bits per heavy atom. The molecule has 94 valence electrons. The van der Waals surface area contributed by atoms with Crippen LogP contribution in [0.2, 0.25) is 0 Å². The standard InChI is InChI=1S/C11H15NO4S/c1-12(9-4-2-3-5-9)17(14,15)11-7-6-10(8-13)16-11/h6-9H,2-5H2,1H3. The molecular formula is C11H15NO4S. The van der Waals surface area contributed by atoms with Crippen molar-refractivity contribution in [2.45, 2.75) is 36.8 Å². The Morgan fingerprint density at radius 3 is 2.53 bits per heavy atom. The molecule has 0 spiro atoms. The summed E-state index contributed by atoms with van der Waals surface area (Å²) in [5, 5.41) is -0.158. The lowest BCUT2D eigenvalue weighted by atomic mass is 10.3. The van der Waals surface area contributed by atoms with Crippen LogP contribution in [0.4, 0.5) is 0 Å². The molecule has 1 aromatic heterocycles. The van der Waals surface area contributed by atoms with E-state index in [0.717, 1.165) is 25.7 Å². The fourth-order valence-corrected chi connectivity index (χ4v) is 3.47. The highest BCUT2D eigenvalue weighted by Gasteiger charge is 2.32. The Morgan fingerprint density at radius 2 is 2.00 bits per heavy atom. The Kier molecular flexibility index (Phi) is 3.35. The second kappa shape index (κ2) is 4.62. The molecule has 6 heteroatoms. The van der Waals surface area contributed by atoms with Crippen LogP contribution in [0.25, 0.3) is 0 Å². The van der Waals surface area contributed by atoms with Gasteiger partial charge in [0.1, 0.15) is 0 Å². The van der Waals surface area contributed by atoms with Crippen LogP contribution in [0.15, 0.2) is 21.6 Å². The summed E-state index contributed by atoms with van der Waals surface area (Å²) in [6.07, 6.45) is 4.38. The molecule has 1 saturated carbocycles. The van der Waals surface area contributed by atoms with E-state index in [1.165, 1.54) is 16.4 Å². The Labute approximate surface area is 100 Å². The molecule has 0 aromatic carbocycles. The van der Waals surface area contributed by atoms with Crippen molar-refractivity contribution >= 4 is 16.3 Å². The molecule has 0 radical (unpaired) electrons. The van der Waals surface area contributed by atoms with Gasteiger partial charge in [0.05, 0.1) is 0 Å². The summed E-state index contributed by atoms with van der Waals surface area (Å²) in [5.74, 6) is 0.0309. The maximum Gasteiger partial charge on any atom is 0.276 e. The largest absolute Gasteiger partial charge is 0.440 e. The van der Waals surface area contributed by atoms with Gasteiger partial charge in [0.25, 0.3) is 10.0 Å². The summed E-state index contributed by atoms with van der Waals surface area (Å²) in [7, 11) is -2.04. The molecule has 0 bridgehead atoms. The third-order valence-electron chi connectivity index (χ3n) is 3.19. The minimum absolute atomic E-state index is 0.0309. The average Bonchev–Trinajstić information content (AvgIpc) is 2.98. The van der Waals surface area contributed by atoms with Gasteiger partial charge < -0.3 is 4.42 Å². The van der Waals surface area contributed by atoms with Gasteiger partial charge in [-0.3, -0.25) is 4.79 Å². The lowest BCUT2D eigenvalue weighted by Gasteiger charge is -2.22. The number of hydrogen-bond donors (Lipinski definition) is 0. The van der Waals surface area contributed by atoms with Crippen molar-refractivity contribution in [1.29, 1.82) is 0 Å². The first kappa shape index (κ1) is 12.3. The number of nitrogens with zero attached hydrogens (tertiary/aromatic N) is 1. The number of carbonyl (C=O) groups is 1. The van der Waals surface area contributed by atoms with E-state index in [1.807, 2.05) is 0 Å². The Hall–Kier alpha value is -1.14. The van der Waals surface area contributed by atoms with E-state index >= 15 is 0 Å². The highest BCUT2D eigenvalue weighted by atomic mass is 32.2. The zero-order valence-corrected chi connectivity index (χ0v) is 10.4. The number of hydrogen-bond acceptors (Lipinski definition) is 4. The van der Waals surface area contributed by atoms with Gasteiger partial charge in [-0.15, -0.1) is 0 Å². The molecule has 0 amide bonds. The summed E-state index contributed by atoms with van der Waals surface area (Å²) >= 11 is 0. The van der Waals surface area contributed by atoms with Gasteiger partial charge in [-0.05, 0) is 25.0 Å². The lowest BCUT2D eigenvalue weighted by molar-refractivity contribution is 0.109. The molecule has 1 aliphatic rings. The molecule has 1 aromatic rings. The highest BCUT2D eigenvalue weighted by Crippen LogP contribution is 2.27. The fraction of sp³-hybridized carbons (Fsp3) is 0.545. The van der Waals surface area contributed by atoms with Gasteiger partial charge >= 0.3 is 0 Å². The van der Waals surface area contributed by atoms with Crippen molar-refractivity contribution < 1.29 is 17.6 Å². The van der Waals surface area contributed by atoms with E-state index < -0.39 is 10.0 Å². The Balaban J connectivity index is 2.25. The first-order valence-electron chi connectivity index (χ1n) is 5.59. The van der Waals surface area contributed by atoms with E-state index in [2.05, 4.69) is 0 Å². The van der Waals surface area contributed by atoms with Crippen LogP contribution in [0, 0.1) is 0 Å². The van der Waals surface area contributed by atoms with Gasteiger partial charge in [-0.25, -0.2) is 8.42 Å². The predicted octanol–water partition coefficient (Wildman–Crippen LogP) is 1.66. The van der Waals surface area contributed by atoms with E-state index in [-0.39, 0.29) is 16.9 Å². The molecule has 0 atom stereocenters. The molecule has 17 heavy (non-hydrogen) atoms. The molecule has 1 fully saturated rings. The highest BCUT2D eigenvalue weighted by molar-refractivity contribution is 7.89. The van der Waals surface area contributed by atoms with Gasteiger partial charge in [0, 0.05) is 13.1 Å². The fourth-order valence-electron chi connectivity index (χ4n) is 2.14. The van der Waals surface area contributed by atoms with Crippen molar-refractivity contribution in [2.75, 3.05) is 7.05 Å². The van der Waals surface area contributed by atoms with Gasteiger partial charge in [0.15, 0.2) is 12.0 Å². The van der Waals surface area contributed by atoms with Crippen LogP contribution in [-0.2, 0) is 10.0 Å². The number of carbonyl (C=O) groups excluding carboxylic acids is 1. The number of furan rings is 1. The Bertz CT molecular complexity index is 499. The van der Waals surface area contributed by atoms with E-state index in [0.29, 0.717) is 6.29 Å². The van der Waals surface area contributed by atoms with Crippen LogP contribution in [0.5, 0.6) is 0 Å². The minimum Gasteiger partial charge on any atom is -0.440 e. The maximum absolute atomic E-state index is 12.2. The second-order valence-corrected chi connectivity index (χ2v) is 6.16. The van der Waals surface area contributed by atoms with Crippen LogP contribution < -0.4 is 0 Å². The van der Waals surface area contributed by atoms with Gasteiger partial charge in [0.2, 0.25) is 5.09 Å². The molecule has 0 aliphatic heterocycles. The normalized spacial score (nSPS) is 17.8. The van der Waals surface area contributed by atoms with Crippen LogP contribution in [0.3, 0.4) is 0 Å². The van der Waals surface area contributed by atoms with Crippen molar-refractivity contribution in [2.24, 2.45) is 0 Å². The molecule has 0 unspecified atom stereocenters. The molecule has 5 nitrogen and oxygen atoms in total. The molecular weight excluding hydrogens is 242 g/mol. The first-order chi connectivity index (χ1) is 8.05. The number of sulfonamides is 1. The molecule has 1 heterocycles. The SMILES string of the molecule is CN(C1CCCC1)S(=O)(=O)c1ccc(C=O)o1. The molecule has 0 N–H and O–H groups in total. The monoisotopic (exact) mass is 257 g/mol. The zero-order chi connectivity index (χ0) is 12.5. The molecule has 1 aliphatic carbocycles. The quantitative estimate of drug-likeness (QED) is 0.769. The first-order valence-corrected chi connectivity index (χ1v) is 7.03. The van der Waals surface area contributed by atoms with E-state index in [4.69, 9.17) is 4.42 Å². The minimum atomic E-state index is -3.60. The summed E-state index contributed by atoms with van der Waals surface area (Å²) in [4.78, 5) is 10.5. The summed E-state index contributed by atoms with van der Waals surface area (Å²) < 4.78 is 30.7. The van der Waals surface area contributed by atoms with Crippen molar-refractivity contribution in [3.05, 3.63) is 17.9 Å². The van der Waals surface area contributed by atoms with Crippen molar-refractivity contribution in [1.82, 2.24) is 4.31 Å². The van der Waals surface area contributed by atoms with E-state index in [9.17, 15) is 13.2 Å². The number of rotatable bonds is 4. The second-order valence-electron chi connectivity index (χ2n) is 4.23. The molecule has 0 saturated heterocycles. The molecule has 2 rings (SSSR count). The third-order valence-corrected chi connectivity index (χ3v) is 4.97. The van der Waals surface area contributed by atoms with Crippen LogP contribution >= 0.6 is 0 Å². The third kappa shape index (κ3) is 2.28. The summed E-state index contributed by atoms with van der Waals surface area (Å²) in [5.41, 5.74) is 0. The smallest absolute Gasteiger partial charge is 0.276 e. The van der Waals surface area contributed by atoms with Crippen LogP contribution in [-0.4, -0.2) is 32.1 Å². The maximum atomic E-state index is 12.2. The summed E-state index contributed by atoms with van der Waals surface area (Å²) in [6, 6.07) is 2.73. The van der Waals surface area contributed by atoms with Crippen molar-refractivity contribution in [3.63, 3.8) is 0 Å². The van der Waals surface area contributed by atoms with E-state index in [1.54, 1.807) is 7.05 Å². The topological polar surface area (TPSA) is 67.6 Å². The average molecular weight is 257 g/mol. The zero-order valence-electron chi connectivity index (χ0n) is 9.63. The lowest BCUT2D eigenvalue weighted by Crippen LogP contribution is -2.34. The van der Waals surface area contributed by atoms with Gasteiger partial charge in [-0.2, -0.15) is 4.31 Å².